The Morgan fingerprint density at radius 3 is 2.51 bits per heavy atom. The summed E-state index contributed by atoms with van der Waals surface area (Å²) in [5.41, 5.74) is 4.06. The number of alkyl halides is 3. The van der Waals surface area contributed by atoms with Crippen LogP contribution in [0.5, 0.6) is 5.75 Å². The zero-order chi connectivity index (χ0) is 33.2. The second-order valence-corrected chi connectivity index (χ2v) is 15.1. The van der Waals surface area contributed by atoms with Crippen LogP contribution >= 0.6 is 0 Å². The van der Waals surface area contributed by atoms with E-state index in [0.29, 0.717) is 27.8 Å². The molecule has 0 amide bonds. The van der Waals surface area contributed by atoms with Crippen LogP contribution in [0.25, 0.3) is 10.9 Å². The minimum atomic E-state index is -4.42. The molecule has 47 heavy (non-hydrogen) atoms. The number of nitrogens with one attached hydrogen (secondary N) is 2. The summed E-state index contributed by atoms with van der Waals surface area (Å²) in [6.45, 7) is 4.55. The molecule has 1 spiro atoms. The zero-order valence-electron chi connectivity index (χ0n) is 26.9. The summed E-state index contributed by atoms with van der Waals surface area (Å²) >= 11 is 0. The van der Waals surface area contributed by atoms with Gasteiger partial charge in [0.15, 0.2) is 28.6 Å². The van der Waals surface area contributed by atoms with Gasteiger partial charge < -0.3 is 24.7 Å². The summed E-state index contributed by atoms with van der Waals surface area (Å²) in [5.74, 6) is 6.17. The maximum atomic E-state index is 13.7. The largest absolute Gasteiger partial charge is 0.495 e. The Morgan fingerprint density at radius 2 is 1.83 bits per heavy atom. The molecule has 6 rings (SSSR count). The SMILES string of the molecule is CCS(=O)(=O)c1ccc(NCC#Cc2cc3c(NC4CCC(=[N+]5CC6(CCOCC6)C5)CC4)cccc3n2CC(F)(F)F)c(OC)c1. The van der Waals surface area contributed by atoms with Crippen LogP contribution in [0, 0.1) is 17.3 Å². The molecule has 1 aliphatic carbocycles. The fraction of sp³-hybridized carbons (Fsp3) is 0.514. The quantitative estimate of drug-likeness (QED) is 0.223. The maximum absolute atomic E-state index is 13.7. The average Bonchev–Trinajstić information content (AvgIpc) is 3.39. The van der Waals surface area contributed by atoms with Gasteiger partial charge in [0.05, 0.1) is 46.6 Å². The van der Waals surface area contributed by atoms with Crippen molar-refractivity contribution in [2.45, 2.75) is 69.1 Å². The van der Waals surface area contributed by atoms with Gasteiger partial charge in [-0.25, -0.2) is 13.0 Å². The molecular formula is C35H42F3N4O4S+. The molecule has 2 N–H and O–H groups in total. The lowest BCUT2D eigenvalue weighted by molar-refractivity contribution is -0.633. The predicted molar refractivity (Wildman–Crippen MR) is 177 cm³/mol. The third kappa shape index (κ3) is 7.41. The van der Waals surface area contributed by atoms with Crippen molar-refractivity contribution >= 4 is 37.8 Å². The van der Waals surface area contributed by atoms with Crippen LogP contribution in [0.1, 0.15) is 51.1 Å². The summed E-state index contributed by atoms with van der Waals surface area (Å²) in [6.07, 6.45) is 1.90. The molecule has 8 nitrogen and oxygen atoms in total. The highest BCUT2D eigenvalue weighted by Gasteiger charge is 2.50. The maximum Gasteiger partial charge on any atom is 0.406 e. The Morgan fingerprint density at radius 1 is 1.09 bits per heavy atom. The van der Waals surface area contributed by atoms with Crippen molar-refractivity contribution in [3.8, 4) is 17.6 Å². The number of rotatable bonds is 8. The van der Waals surface area contributed by atoms with E-state index in [0.717, 1.165) is 70.5 Å². The van der Waals surface area contributed by atoms with E-state index in [9.17, 15) is 21.6 Å². The molecule has 3 aromatic rings. The average molecular weight is 672 g/mol. The van der Waals surface area contributed by atoms with Crippen molar-refractivity contribution < 1.29 is 35.6 Å². The van der Waals surface area contributed by atoms with E-state index in [1.807, 2.05) is 6.07 Å². The van der Waals surface area contributed by atoms with E-state index >= 15 is 0 Å². The van der Waals surface area contributed by atoms with E-state index in [1.54, 1.807) is 31.2 Å². The molecule has 3 fully saturated rings. The third-order valence-electron chi connectivity index (χ3n) is 9.75. The monoisotopic (exact) mass is 671 g/mol. The van der Waals surface area contributed by atoms with Gasteiger partial charge in [-0.1, -0.05) is 18.9 Å². The minimum absolute atomic E-state index is 0.0339. The Kier molecular flexibility index (Phi) is 9.50. The van der Waals surface area contributed by atoms with E-state index in [1.165, 1.54) is 29.5 Å². The summed E-state index contributed by atoms with van der Waals surface area (Å²) in [4.78, 5) is 0.154. The predicted octanol–water partition coefficient (Wildman–Crippen LogP) is 6.09. The molecule has 2 aromatic carbocycles. The van der Waals surface area contributed by atoms with Crippen molar-refractivity contribution in [3.05, 3.63) is 48.2 Å². The van der Waals surface area contributed by atoms with E-state index in [4.69, 9.17) is 9.47 Å². The van der Waals surface area contributed by atoms with Crippen LogP contribution < -0.4 is 15.4 Å². The number of aromatic nitrogens is 1. The van der Waals surface area contributed by atoms with Gasteiger partial charge in [-0.15, -0.1) is 0 Å². The molecule has 0 unspecified atom stereocenters. The Bertz CT molecular complexity index is 1810. The molecule has 2 aliphatic heterocycles. The van der Waals surface area contributed by atoms with Crippen LogP contribution in [-0.4, -0.2) is 81.2 Å². The normalized spacial score (nSPS) is 19.6. The van der Waals surface area contributed by atoms with E-state index in [2.05, 4.69) is 27.0 Å². The fourth-order valence-electron chi connectivity index (χ4n) is 7.05. The van der Waals surface area contributed by atoms with Crippen molar-refractivity contribution in [2.75, 3.05) is 56.3 Å². The van der Waals surface area contributed by atoms with Gasteiger partial charge in [0.25, 0.3) is 0 Å². The van der Waals surface area contributed by atoms with Crippen molar-refractivity contribution in [3.63, 3.8) is 0 Å². The number of hydrogen-bond acceptors (Lipinski definition) is 6. The van der Waals surface area contributed by atoms with Crippen LogP contribution in [0.15, 0.2) is 47.4 Å². The summed E-state index contributed by atoms with van der Waals surface area (Å²) in [7, 11) is -1.97. The van der Waals surface area contributed by atoms with Gasteiger partial charge >= 0.3 is 6.18 Å². The first-order valence-electron chi connectivity index (χ1n) is 16.3. The molecule has 0 bridgehead atoms. The topological polar surface area (TPSA) is 84.6 Å². The number of anilines is 2. The van der Waals surface area contributed by atoms with Crippen LogP contribution in [0.2, 0.25) is 0 Å². The van der Waals surface area contributed by atoms with Crippen molar-refractivity contribution in [1.29, 1.82) is 0 Å². The van der Waals surface area contributed by atoms with Gasteiger partial charge in [0.1, 0.15) is 12.3 Å². The molecule has 1 aromatic heterocycles. The number of hydrogen-bond donors (Lipinski definition) is 2. The summed E-state index contributed by atoms with van der Waals surface area (Å²) < 4.78 is 80.4. The standard InChI is InChI=1S/C35H42F3N4O4S/c1-3-47(43,44)28-13-14-31(33(21-28)45-2)39-17-5-6-27-20-29-30(7-4-8-32(29)42(27)24-35(36,37)38)40-25-9-11-26(12-10-25)41-22-34(23-41)15-18-46-19-16-34/h4,7-8,13-14,20-21,25,39-40H,3,9-12,15-19,22-24H2,1-2H3/q+1. The second-order valence-electron chi connectivity index (χ2n) is 12.8. The van der Waals surface area contributed by atoms with Gasteiger partial charge in [-0.05, 0) is 61.9 Å². The number of sulfone groups is 1. The minimum Gasteiger partial charge on any atom is -0.495 e. The first-order valence-corrected chi connectivity index (χ1v) is 17.9. The number of methoxy groups -OCH3 is 1. The lowest BCUT2D eigenvalue weighted by Crippen LogP contribution is -2.56. The van der Waals surface area contributed by atoms with Gasteiger partial charge in [-0.2, -0.15) is 13.2 Å². The molecule has 0 atom stereocenters. The van der Waals surface area contributed by atoms with E-state index in [-0.39, 0.29) is 28.9 Å². The lowest BCUT2D eigenvalue weighted by Gasteiger charge is -2.42. The smallest absolute Gasteiger partial charge is 0.406 e. The highest BCUT2D eigenvalue weighted by molar-refractivity contribution is 7.91. The Balaban J connectivity index is 1.16. The highest BCUT2D eigenvalue weighted by Crippen LogP contribution is 2.39. The van der Waals surface area contributed by atoms with Gasteiger partial charge in [0.2, 0.25) is 0 Å². The Hall–Kier alpha value is -3.69. The van der Waals surface area contributed by atoms with Crippen molar-refractivity contribution in [2.24, 2.45) is 5.41 Å². The van der Waals surface area contributed by atoms with Crippen LogP contribution in [0.4, 0.5) is 24.5 Å². The third-order valence-corrected chi connectivity index (χ3v) is 11.5. The van der Waals surface area contributed by atoms with Gasteiger partial charge in [-0.3, -0.25) is 0 Å². The van der Waals surface area contributed by atoms with Crippen molar-refractivity contribution in [1.82, 2.24) is 4.57 Å². The van der Waals surface area contributed by atoms with Crippen LogP contribution in [0.3, 0.4) is 0 Å². The molecule has 1 saturated carbocycles. The van der Waals surface area contributed by atoms with Crippen LogP contribution in [-0.2, 0) is 21.1 Å². The first-order chi connectivity index (χ1) is 22.5. The fourth-order valence-corrected chi connectivity index (χ4v) is 7.95. The molecule has 12 heteroatoms. The Labute approximate surface area is 274 Å². The number of ether oxygens (including phenoxy) is 2. The number of nitrogens with zero attached hydrogens (tertiary/aromatic N) is 2. The molecule has 252 valence electrons. The summed E-state index contributed by atoms with van der Waals surface area (Å²) in [6, 6.07) is 11.9. The summed E-state index contributed by atoms with van der Waals surface area (Å²) in [5, 5.41) is 7.44. The number of benzene rings is 2. The van der Waals surface area contributed by atoms with E-state index < -0.39 is 22.6 Å². The zero-order valence-corrected chi connectivity index (χ0v) is 27.7. The first kappa shape index (κ1) is 33.2. The number of fused-ring (bicyclic) bond motifs is 1. The number of halogens is 3. The molecule has 3 aliphatic rings. The highest BCUT2D eigenvalue weighted by atomic mass is 32.2. The second kappa shape index (κ2) is 13.4. The molecule has 2 saturated heterocycles. The van der Waals surface area contributed by atoms with Gasteiger partial charge in [0, 0.05) is 49.2 Å². The molecule has 0 radical (unpaired) electrons. The molecular weight excluding hydrogens is 629 g/mol. The molecule has 3 heterocycles. The lowest BCUT2D eigenvalue weighted by atomic mass is 9.73.